The standard InChI is InChI=1S/C22H26FN5O/c1-28(2)21(29)15-27-22(26-13-16-6-4-3-5-7-16)24-11-10-17-14-25-20-12-18(23)8-9-19(17)20/h3-9,12,14,25H,10-11,13,15H2,1-2H3,(H2,24,26,27). The molecule has 3 rings (SSSR count). The summed E-state index contributed by atoms with van der Waals surface area (Å²) < 4.78 is 13.3. The van der Waals surface area contributed by atoms with Crippen molar-refractivity contribution >= 4 is 22.8 Å². The molecule has 0 saturated carbocycles. The van der Waals surface area contributed by atoms with Crippen molar-refractivity contribution in [2.45, 2.75) is 13.0 Å². The predicted molar refractivity (Wildman–Crippen MR) is 114 cm³/mol. The van der Waals surface area contributed by atoms with Gasteiger partial charge in [-0.2, -0.15) is 0 Å². The Morgan fingerprint density at radius 2 is 1.93 bits per heavy atom. The number of aliphatic imine (C=N–C) groups is 1. The summed E-state index contributed by atoms with van der Waals surface area (Å²) in [6, 6.07) is 14.7. The number of fused-ring (bicyclic) bond motifs is 1. The van der Waals surface area contributed by atoms with Crippen molar-refractivity contribution in [2.24, 2.45) is 4.99 Å². The number of aromatic nitrogens is 1. The molecular weight excluding hydrogens is 369 g/mol. The molecule has 0 radical (unpaired) electrons. The molecule has 29 heavy (non-hydrogen) atoms. The van der Waals surface area contributed by atoms with Gasteiger partial charge in [0.2, 0.25) is 5.91 Å². The molecule has 6 nitrogen and oxygen atoms in total. The lowest BCUT2D eigenvalue weighted by Gasteiger charge is -2.15. The molecule has 0 saturated heterocycles. The van der Waals surface area contributed by atoms with Gasteiger partial charge in [-0.05, 0) is 35.7 Å². The molecule has 0 bridgehead atoms. The van der Waals surface area contributed by atoms with E-state index in [0.717, 1.165) is 28.5 Å². The number of likely N-dealkylation sites (N-methyl/N-ethyl adjacent to an activating group) is 1. The number of hydrogen-bond acceptors (Lipinski definition) is 2. The van der Waals surface area contributed by atoms with E-state index in [0.29, 0.717) is 19.0 Å². The zero-order valence-corrected chi connectivity index (χ0v) is 16.7. The normalized spacial score (nSPS) is 11.5. The minimum Gasteiger partial charge on any atom is -0.361 e. The van der Waals surface area contributed by atoms with E-state index < -0.39 is 0 Å². The Bertz CT molecular complexity index is 981. The van der Waals surface area contributed by atoms with Crippen LogP contribution in [0, 0.1) is 5.82 Å². The molecule has 0 aliphatic carbocycles. The Kier molecular flexibility index (Phi) is 6.84. The molecule has 0 aliphatic rings. The Morgan fingerprint density at radius 3 is 2.69 bits per heavy atom. The maximum Gasteiger partial charge on any atom is 0.241 e. The Morgan fingerprint density at radius 1 is 1.14 bits per heavy atom. The summed E-state index contributed by atoms with van der Waals surface area (Å²) in [7, 11) is 3.44. The lowest BCUT2D eigenvalue weighted by molar-refractivity contribution is -0.127. The minimum atomic E-state index is -0.255. The van der Waals surface area contributed by atoms with Crippen molar-refractivity contribution in [2.75, 3.05) is 27.2 Å². The van der Waals surface area contributed by atoms with E-state index in [4.69, 9.17) is 0 Å². The first kappa shape index (κ1) is 20.4. The van der Waals surface area contributed by atoms with Crippen LogP contribution in [0.15, 0.2) is 59.7 Å². The Hall–Kier alpha value is -3.35. The first-order valence-electron chi connectivity index (χ1n) is 9.54. The van der Waals surface area contributed by atoms with Crippen molar-refractivity contribution in [3.63, 3.8) is 0 Å². The number of hydrogen-bond donors (Lipinski definition) is 3. The number of nitrogens with one attached hydrogen (secondary N) is 3. The zero-order valence-electron chi connectivity index (χ0n) is 16.7. The van der Waals surface area contributed by atoms with Crippen LogP contribution in [0.4, 0.5) is 4.39 Å². The molecular formula is C22H26FN5O. The SMILES string of the molecule is CN(C)C(=O)CNC(=NCc1ccccc1)NCCc1c[nH]c2cc(F)ccc12. The molecule has 0 aliphatic heterocycles. The van der Waals surface area contributed by atoms with Gasteiger partial charge in [0, 0.05) is 37.7 Å². The van der Waals surface area contributed by atoms with E-state index in [9.17, 15) is 9.18 Å². The van der Waals surface area contributed by atoms with Gasteiger partial charge in [-0.3, -0.25) is 4.79 Å². The van der Waals surface area contributed by atoms with Crippen LogP contribution >= 0.6 is 0 Å². The molecule has 0 fully saturated rings. The summed E-state index contributed by atoms with van der Waals surface area (Å²) in [4.78, 5) is 21.1. The highest BCUT2D eigenvalue weighted by molar-refractivity contribution is 5.86. The monoisotopic (exact) mass is 395 g/mol. The second-order valence-corrected chi connectivity index (χ2v) is 6.97. The van der Waals surface area contributed by atoms with Crippen molar-refractivity contribution in [3.8, 4) is 0 Å². The lowest BCUT2D eigenvalue weighted by atomic mass is 10.1. The van der Waals surface area contributed by atoms with Crippen LogP contribution < -0.4 is 10.6 Å². The molecule has 0 atom stereocenters. The summed E-state index contributed by atoms with van der Waals surface area (Å²) in [5, 5.41) is 7.37. The fourth-order valence-electron chi connectivity index (χ4n) is 2.93. The minimum absolute atomic E-state index is 0.0298. The Labute approximate surface area is 169 Å². The van der Waals surface area contributed by atoms with Crippen LogP contribution in [0.3, 0.4) is 0 Å². The third-order valence-corrected chi connectivity index (χ3v) is 4.58. The van der Waals surface area contributed by atoms with Gasteiger partial charge in [-0.15, -0.1) is 0 Å². The fourth-order valence-corrected chi connectivity index (χ4v) is 2.93. The fraction of sp³-hybridized carbons (Fsp3) is 0.273. The number of guanidine groups is 1. The maximum atomic E-state index is 13.3. The third kappa shape index (κ3) is 5.81. The van der Waals surface area contributed by atoms with Crippen LogP contribution in [-0.4, -0.2) is 48.9 Å². The van der Waals surface area contributed by atoms with Crippen LogP contribution in [0.2, 0.25) is 0 Å². The molecule has 1 heterocycles. The number of amides is 1. The van der Waals surface area contributed by atoms with Gasteiger partial charge in [0.25, 0.3) is 0 Å². The van der Waals surface area contributed by atoms with Crippen molar-refractivity contribution in [3.05, 3.63) is 71.7 Å². The first-order valence-corrected chi connectivity index (χ1v) is 9.54. The summed E-state index contributed by atoms with van der Waals surface area (Å²) in [5.74, 6) is 0.293. The van der Waals surface area contributed by atoms with Crippen molar-refractivity contribution < 1.29 is 9.18 Å². The quantitative estimate of drug-likeness (QED) is 0.425. The van der Waals surface area contributed by atoms with Crippen LogP contribution in [0.1, 0.15) is 11.1 Å². The highest BCUT2D eigenvalue weighted by Crippen LogP contribution is 2.19. The molecule has 1 amide bonds. The van der Waals surface area contributed by atoms with Gasteiger partial charge >= 0.3 is 0 Å². The van der Waals surface area contributed by atoms with Crippen molar-refractivity contribution in [1.29, 1.82) is 0 Å². The second-order valence-electron chi connectivity index (χ2n) is 6.97. The number of carbonyl (C=O) groups excluding carboxylic acids is 1. The molecule has 7 heteroatoms. The van der Waals surface area contributed by atoms with Crippen LogP contribution in [0.25, 0.3) is 10.9 Å². The molecule has 0 unspecified atom stereocenters. The zero-order chi connectivity index (χ0) is 20.6. The van der Waals surface area contributed by atoms with Crippen LogP contribution in [0.5, 0.6) is 0 Å². The van der Waals surface area contributed by atoms with Gasteiger partial charge in [-0.1, -0.05) is 30.3 Å². The molecule has 3 N–H and O–H groups in total. The summed E-state index contributed by atoms with van der Waals surface area (Å²) in [6.07, 6.45) is 2.63. The predicted octanol–water partition coefficient (Wildman–Crippen LogP) is 2.67. The number of carbonyl (C=O) groups is 1. The second kappa shape index (κ2) is 9.73. The van der Waals surface area contributed by atoms with E-state index >= 15 is 0 Å². The number of rotatable bonds is 7. The lowest BCUT2D eigenvalue weighted by Crippen LogP contribution is -2.43. The number of H-pyrrole nitrogens is 1. The number of halogens is 1. The smallest absolute Gasteiger partial charge is 0.241 e. The molecule has 1 aromatic heterocycles. The molecule has 2 aromatic carbocycles. The topological polar surface area (TPSA) is 72.5 Å². The first-order chi connectivity index (χ1) is 14.0. The highest BCUT2D eigenvalue weighted by Gasteiger charge is 2.08. The summed E-state index contributed by atoms with van der Waals surface area (Å²) in [5.41, 5.74) is 2.97. The number of nitrogens with zero attached hydrogens (tertiary/aromatic N) is 2. The van der Waals surface area contributed by atoms with Crippen LogP contribution in [-0.2, 0) is 17.8 Å². The largest absolute Gasteiger partial charge is 0.361 e. The van der Waals surface area contributed by atoms with Crippen molar-refractivity contribution in [1.82, 2.24) is 20.5 Å². The highest BCUT2D eigenvalue weighted by atomic mass is 19.1. The van der Waals surface area contributed by atoms with Gasteiger partial charge < -0.3 is 20.5 Å². The van der Waals surface area contributed by atoms with Gasteiger partial charge in [0.1, 0.15) is 5.82 Å². The maximum absolute atomic E-state index is 13.3. The van der Waals surface area contributed by atoms with Gasteiger partial charge in [-0.25, -0.2) is 9.38 Å². The van der Waals surface area contributed by atoms with E-state index in [1.54, 1.807) is 20.2 Å². The summed E-state index contributed by atoms with van der Waals surface area (Å²) in [6.45, 7) is 1.31. The Balaban J connectivity index is 1.62. The summed E-state index contributed by atoms with van der Waals surface area (Å²) >= 11 is 0. The molecule has 0 spiro atoms. The van der Waals surface area contributed by atoms with E-state index in [1.165, 1.54) is 17.0 Å². The van der Waals surface area contributed by atoms with Gasteiger partial charge in [0.05, 0.1) is 13.1 Å². The van der Waals surface area contributed by atoms with E-state index in [-0.39, 0.29) is 18.3 Å². The average molecular weight is 395 g/mol. The molecule has 152 valence electrons. The molecule has 3 aromatic rings. The van der Waals surface area contributed by atoms with E-state index in [2.05, 4.69) is 20.6 Å². The number of aromatic amines is 1. The third-order valence-electron chi connectivity index (χ3n) is 4.58. The number of benzene rings is 2. The van der Waals surface area contributed by atoms with E-state index in [1.807, 2.05) is 36.5 Å². The van der Waals surface area contributed by atoms with Gasteiger partial charge in [0.15, 0.2) is 5.96 Å². The average Bonchev–Trinajstić information content (AvgIpc) is 3.12.